The van der Waals surface area contributed by atoms with Gasteiger partial charge in [-0.25, -0.2) is 9.07 Å². The van der Waals surface area contributed by atoms with Crippen molar-refractivity contribution in [3.8, 4) is 0 Å². The summed E-state index contributed by atoms with van der Waals surface area (Å²) >= 11 is 0. The monoisotopic (exact) mass is 608 g/mol. The molecule has 12 heteroatoms. The van der Waals surface area contributed by atoms with Crippen LogP contribution in [-0.4, -0.2) is 53.0 Å². The van der Waals surface area contributed by atoms with Gasteiger partial charge in [0.05, 0.1) is 30.5 Å². The van der Waals surface area contributed by atoms with Gasteiger partial charge in [-0.15, -0.1) is 0 Å². The maximum absolute atomic E-state index is 13.0. The maximum atomic E-state index is 13.0. The number of hydrogen-bond donors (Lipinski definition) is 2. The summed E-state index contributed by atoms with van der Waals surface area (Å²) in [7, 11) is 0. The minimum Gasteiger partial charge on any atom is -0.390 e. The van der Waals surface area contributed by atoms with Crippen molar-refractivity contribution < 1.29 is 37.0 Å². The quantitative estimate of drug-likeness (QED) is 0.321. The van der Waals surface area contributed by atoms with Crippen molar-refractivity contribution in [3.63, 3.8) is 0 Å². The van der Waals surface area contributed by atoms with Crippen LogP contribution in [0.3, 0.4) is 0 Å². The molecule has 0 saturated carbocycles. The van der Waals surface area contributed by atoms with Crippen LogP contribution in [0.5, 0.6) is 0 Å². The van der Waals surface area contributed by atoms with E-state index < -0.39 is 30.1 Å². The van der Waals surface area contributed by atoms with Crippen LogP contribution >= 0.6 is 0 Å². The molecule has 2 heterocycles. The minimum absolute atomic E-state index is 0.00528. The van der Waals surface area contributed by atoms with Gasteiger partial charge in [0.2, 0.25) is 5.91 Å². The first-order valence-electron chi connectivity index (χ1n) is 14.2. The van der Waals surface area contributed by atoms with Crippen LogP contribution in [0.2, 0.25) is 0 Å². The van der Waals surface area contributed by atoms with E-state index in [2.05, 4.69) is 10.4 Å². The van der Waals surface area contributed by atoms with Crippen LogP contribution in [0.15, 0.2) is 48.5 Å². The SMILES string of the molecule is CC.CCN(C(=O)CNC(=O)c1cccc(C(F)(F)F)c1)c1c(C)c(CO)nn1C1CCOCC1.Cc1ccc(F)cc1. The van der Waals surface area contributed by atoms with Crippen molar-refractivity contribution in [1.29, 1.82) is 0 Å². The summed E-state index contributed by atoms with van der Waals surface area (Å²) < 4.78 is 58.0. The molecule has 0 spiro atoms. The molecule has 0 unspecified atom stereocenters. The van der Waals surface area contributed by atoms with Gasteiger partial charge >= 0.3 is 6.18 Å². The smallest absolute Gasteiger partial charge is 0.390 e. The molecule has 1 aromatic heterocycles. The number of anilines is 1. The average Bonchev–Trinajstić information content (AvgIpc) is 3.35. The van der Waals surface area contributed by atoms with E-state index in [4.69, 9.17) is 4.74 Å². The highest BCUT2D eigenvalue weighted by atomic mass is 19.4. The van der Waals surface area contributed by atoms with Crippen LogP contribution in [0.4, 0.5) is 23.4 Å². The Morgan fingerprint density at radius 2 is 1.72 bits per heavy atom. The number of carbonyl (C=O) groups excluding carboxylic acids is 2. The Hall–Kier alpha value is -3.77. The average molecular weight is 609 g/mol. The van der Waals surface area contributed by atoms with Crippen molar-refractivity contribution in [2.75, 3.05) is 31.2 Å². The van der Waals surface area contributed by atoms with Crippen LogP contribution in [0.1, 0.15) is 72.4 Å². The number of amides is 2. The number of likely N-dealkylation sites (N-methyl/N-ethyl adjacent to an activating group) is 1. The second-order valence-corrected chi connectivity index (χ2v) is 9.54. The number of benzene rings is 2. The number of nitrogens with one attached hydrogen (secondary N) is 1. The van der Waals surface area contributed by atoms with E-state index in [-0.39, 0.29) is 30.6 Å². The van der Waals surface area contributed by atoms with E-state index in [1.807, 2.05) is 20.8 Å². The lowest BCUT2D eigenvalue weighted by Gasteiger charge is -2.29. The Morgan fingerprint density at radius 1 is 1.09 bits per heavy atom. The number of hydrogen-bond acceptors (Lipinski definition) is 5. The maximum Gasteiger partial charge on any atom is 0.416 e. The summed E-state index contributed by atoms with van der Waals surface area (Å²) in [6, 6.07) is 10.4. The zero-order valence-electron chi connectivity index (χ0n) is 25.2. The van der Waals surface area contributed by atoms with Gasteiger partial charge in [-0.2, -0.15) is 18.3 Å². The number of halogens is 4. The predicted molar refractivity (Wildman–Crippen MR) is 156 cm³/mol. The van der Waals surface area contributed by atoms with Crippen molar-refractivity contribution in [3.05, 3.63) is 82.3 Å². The third kappa shape index (κ3) is 9.89. The molecular formula is C31H40F4N4O4. The Bertz CT molecular complexity index is 1300. The Labute approximate surface area is 249 Å². The number of nitrogens with zero attached hydrogens (tertiary/aromatic N) is 3. The first-order valence-corrected chi connectivity index (χ1v) is 14.2. The first-order chi connectivity index (χ1) is 20.5. The molecule has 43 heavy (non-hydrogen) atoms. The molecule has 3 aromatic rings. The van der Waals surface area contributed by atoms with E-state index in [1.165, 1.54) is 23.1 Å². The number of aliphatic hydroxyl groups excluding tert-OH is 1. The molecule has 236 valence electrons. The minimum atomic E-state index is -4.57. The lowest BCUT2D eigenvalue weighted by atomic mass is 10.1. The normalized spacial score (nSPS) is 13.3. The summed E-state index contributed by atoms with van der Waals surface area (Å²) in [5.74, 6) is -0.864. The fraction of sp³-hybridized carbons (Fsp3) is 0.452. The van der Waals surface area contributed by atoms with E-state index in [1.54, 1.807) is 30.7 Å². The van der Waals surface area contributed by atoms with E-state index in [9.17, 15) is 32.3 Å². The highest BCUT2D eigenvalue weighted by molar-refractivity contribution is 6.00. The van der Waals surface area contributed by atoms with E-state index in [0.29, 0.717) is 43.1 Å². The molecule has 1 saturated heterocycles. The number of aliphatic hydroxyl groups is 1. The molecule has 1 aliphatic rings. The molecule has 0 radical (unpaired) electrons. The molecule has 2 aromatic carbocycles. The second kappa shape index (κ2) is 16.8. The molecule has 8 nitrogen and oxygen atoms in total. The highest BCUT2D eigenvalue weighted by Crippen LogP contribution is 2.32. The lowest BCUT2D eigenvalue weighted by Crippen LogP contribution is -2.42. The zero-order valence-corrected chi connectivity index (χ0v) is 25.2. The number of aryl methyl sites for hydroxylation is 1. The van der Waals surface area contributed by atoms with Crippen molar-refractivity contribution in [1.82, 2.24) is 15.1 Å². The summed E-state index contributed by atoms with van der Waals surface area (Å²) in [6.07, 6.45) is -3.16. The third-order valence-corrected chi connectivity index (χ3v) is 6.64. The van der Waals surface area contributed by atoms with Gasteiger partial charge < -0.3 is 15.2 Å². The van der Waals surface area contributed by atoms with Crippen LogP contribution in [0, 0.1) is 19.7 Å². The summed E-state index contributed by atoms with van der Waals surface area (Å²) in [5.41, 5.74) is 1.07. The third-order valence-electron chi connectivity index (χ3n) is 6.64. The summed E-state index contributed by atoms with van der Waals surface area (Å²) in [5, 5.41) is 16.6. The molecule has 0 atom stereocenters. The number of carbonyl (C=O) groups is 2. The van der Waals surface area contributed by atoms with Crippen molar-refractivity contribution >= 4 is 17.6 Å². The molecule has 1 fully saturated rings. The van der Waals surface area contributed by atoms with Gasteiger partial charge in [0, 0.05) is 30.9 Å². The molecule has 1 aliphatic heterocycles. The standard InChI is InChI=1S/C22H27F3N4O4.C7H7F.C2H6/c1-3-28(21-14(2)18(13-30)27-29(21)17-7-9-33-10-8-17)19(31)12-26-20(32)15-5-4-6-16(11-15)22(23,24)25;1-6-2-4-7(8)5-3-6;1-2/h4-6,11,17,30H,3,7-10,12-13H2,1-2H3,(H,26,32);2-5H,1H3;1-2H3. The number of rotatable bonds is 7. The molecule has 4 rings (SSSR count). The Balaban J connectivity index is 0.000000550. The van der Waals surface area contributed by atoms with Gasteiger partial charge in [-0.05, 0) is 63.9 Å². The van der Waals surface area contributed by atoms with Crippen LogP contribution in [0.25, 0.3) is 0 Å². The van der Waals surface area contributed by atoms with Crippen molar-refractivity contribution in [2.24, 2.45) is 0 Å². The van der Waals surface area contributed by atoms with Gasteiger partial charge in [-0.3, -0.25) is 14.5 Å². The molecule has 2 N–H and O–H groups in total. The molecular weight excluding hydrogens is 568 g/mol. The van der Waals surface area contributed by atoms with E-state index >= 15 is 0 Å². The largest absolute Gasteiger partial charge is 0.416 e. The predicted octanol–water partition coefficient (Wildman–Crippen LogP) is 6.00. The molecule has 2 amide bonds. The Morgan fingerprint density at radius 3 is 2.26 bits per heavy atom. The van der Waals surface area contributed by atoms with Gasteiger partial charge in [0.15, 0.2) is 0 Å². The topological polar surface area (TPSA) is 96.7 Å². The number of ether oxygens (including phenoxy) is 1. The highest BCUT2D eigenvalue weighted by Gasteiger charge is 2.31. The zero-order chi connectivity index (χ0) is 32.2. The van der Waals surface area contributed by atoms with Crippen LogP contribution in [-0.2, 0) is 22.3 Å². The Kier molecular flexibility index (Phi) is 13.8. The van der Waals surface area contributed by atoms with Gasteiger partial charge in [0.25, 0.3) is 5.91 Å². The lowest BCUT2D eigenvalue weighted by molar-refractivity contribution is -0.137. The van der Waals surface area contributed by atoms with Crippen LogP contribution < -0.4 is 10.2 Å². The fourth-order valence-electron chi connectivity index (χ4n) is 4.38. The van der Waals surface area contributed by atoms with Crippen molar-refractivity contribution in [2.45, 2.75) is 66.3 Å². The fourth-order valence-corrected chi connectivity index (χ4v) is 4.38. The summed E-state index contributed by atoms with van der Waals surface area (Å²) in [4.78, 5) is 26.9. The summed E-state index contributed by atoms with van der Waals surface area (Å²) in [6.45, 7) is 10.2. The first kappa shape index (κ1) is 35.4. The molecule has 0 bridgehead atoms. The molecule has 0 aliphatic carbocycles. The number of alkyl halides is 3. The van der Waals surface area contributed by atoms with Gasteiger partial charge in [0.1, 0.15) is 11.6 Å². The number of aromatic nitrogens is 2. The second-order valence-electron chi connectivity index (χ2n) is 9.54. The van der Waals surface area contributed by atoms with E-state index in [0.717, 1.165) is 23.8 Å². The van der Waals surface area contributed by atoms with Gasteiger partial charge in [-0.1, -0.05) is 37.6 Å².